The van der Waals surface area contributed by atoms with Gasteiger partial charge in [-0.15, -0.1) is 0 Å². The molecule has 122 valence electrons. The Bertz CT molecular complexity index is 833. The van der Waals surface area contributed by atoms with Crippen molar-refractivity contribution in [3.8, 4) is 5.75 Å². The number of nitrogens with one attached hydrogen (secondary N) is 1. The zero-order chi connectivity index (χ0) is 17.1. The van der Waals surface area contributed by atoms with E-state index >= 15 is 0 Å². The van der Waals surface area contributed by atoms with Crippen LogP contribution >= 0.6 is 11.6 Å². The predicted octanol–water partition coefficient (Wildman–Crippen LogP) is 3.20. The van der Waals surface area contributed by atoms with Crippen LogP contribution in [0.5, 0.6) is 5.75 Å². The molecule has 1 aliphatic heterocycles. The van der Waals surface area contributed by atoms with Crippen molar-refractivity contribution in [2.24, 2.45) is 0 Å². The predicted molar refractivity (Wildman–Crippen MR) is 92.7 cm³/mol. The van der Waals surface area contributed by atoms with E-state index in [-0.39, 0.29) is 5.57 Å². The summed E-state index contributed by atoms with van der Waals surface area (Å²) in [5, 5.41) is 1.66. The van der Waals surface area contributed by atoms with E-state index in [0.29, 0.717) is 28.6 Å². The molecule has 24 heavy (non-hydrogen) atoms. The van der Waals surface area contributed by atoms with Gasteiger partial charge < -0.3 is 4.74 Å². The van der Waals surface area contributed by atoms with E-state index in [1.165, 1.54) is 11.1 Å². The standard InChI is InChI=1S/C18H15ClN2O3/c1-2-24-16-9-4-3-6-12(16)10-15-17(22)20-21(18(15)23)14-8-5-7-13(19)11-14/h3-11H,2H2,1H3,(H,20,22). The molecule has 0 unspecified atom stereocenters. The molecule has 3 rings (SSSR count). The number of anilines is 1. The first-order chi connectivity index (χ1) is 11.6. The van der Waals surface area contributed by atoms with Crippen LogP contribution in [0.4, 0.5) is 5.69 Å². The fourth-order valence-corrected chi connectivity index (χ4v) is 2.58. The average Bonchev–Trinajstić information content (AvgIpc) is 2.85. The number of hydrogen-bond acceptors (Lipinski definition) is 3. The van der Waals surface area contributed by atoms with Crippen LogP contribution in [-0.2, 0) is 9.59 Å². The highest BCUT2D eigenvalue weighted by Crippen LogP contribution is 2.26. The van der Waals surface area contributed by atoms with E-state index in [2.05, 4.69) is 5.43 Å². The van der Waals surface area contributed by atoms with Crippen molar-refractivity contribution in [3.05, 3.63) is 64.7 Å². The van der Waals surface area contributed by atoms with Gasteiger partial charge in [-0.05, 0) is 37.3 Å². The van der Waals surface area contributed by atoms with E-state index in [0.717, 1.165) is 0 Å². The van der Waals surface area contributed by atoms with E-state index in [9.17, 15) is 9.59 Å². The minimum absolute atomic E-state index is 0.0436. The van der Waals surface area contributed by atoms with Gasteiger partial charge in [-0.2, -0.15) is 0 Å². The zero-order valence-electron chi connectivity index (χ0n) is 13.0. The largest absolute Gasteiger partial charge is 0.493 e. The van der Waals surface area contributed by atoms with Gasteiger partial charge in [0.15, 0.2) is 0 Å². The third-order valence-corrected chi connectivity index (χ3v) is 3.71. The maximum absolute atomic E-state index is 12.6. The molecule has 0 radical (unpaired) electrons. The fraction of sp³-hybridized carbons (Fsp3) is 0.111. The second kappa shape index (κ2) is 6.76. The third-order valence-electron chi connectivity index (χ3n) is 3.48. The van der Waals surface area contributed by atoms with Crippen LogP contribution in [-0.4, -0.2) is 18.4 Å². The lowest BCUT2D eigenvalue weighted by Gasteiger charge is -2.14. The van der Waals surface area contributed by atoms with Crippen molar-refractivity contribution in [2.45, 2.75) is 6.92 Å². The van der Waals surface area contributed by atoms with E-state index in [1.807, 2.05) is 19.1 Å². The molecule has 1 fully saturated rings. The number of ether oxygens (including phenoxy) is 1. The van der Waals surface area contributed by atoms with E-state index in [1.54, 1.807) is 36.4 Å². The summed E-state index contributed by atoms with van der Waals surface area (Å²) >= 11 is 5.95. The lowest BCUT2D eigenvalue weighted by molar-refractivity contribution is -0.117. The van der Waals surface area contributed by atoms with Crippen LogP contribution in [0, 0.1) is 0 Å². The quantitative estimate of drug-likeness (QED) is 0.685. The van der Waals surface area contributed by atoms with Crippen LogP contribution < -0.4 is 15.2 Å². The summed E-state index contributed by atoms with van der Waals surface area (Å²) in [4.78, 5) is 24.8. The molecule has 0 aromatic heterocycles. The summed E-state index contributed by atoms with van der Waals surface area (Å²) in [5.41, 5.74) is 3.76. The molecule has 1 saturated heterocycles. The Morgan fingerprint density at radius 1 is 1.17 bits per heavy atom. The molecule has 1 aliphatic rings. The minimum atomic E-state index is -0.466. The van der Waals surface area contributed by atoms with Gasteiger partial charge in [0.05, 0.1) is 12.3 Å². The molecule has 0 saturated carbocycles. The van der Waals surface area contributed by atoms with Crippen molar-refractivity contribution >= 4 is 35.2 Å². The maximum Gasteiger partial charge on any atom is 0.282 e. The summed E-state index contributed by atoms with van der Waals surface area (Å²) in [7, 11) is 0. The third kappa shape index (κ3) is 3.12. The number of carbonyl (C=O) groups is 2. The molecule has 0 aliphatic carbocycles. The lowest BCUT2D eigenvalue weighted by Crippen LogP contribution is -2.35. The summed E-state index contributed by atoms with van der Waals surface area (Å²) in [6, 6.07) is 14.0. The molecule has 6 heteroatoms. The highest BCUT2D eigenvalue weighted by molar-refractivity contribution is 6.33. The Labute approximate surface area is 144 Å². The number of halogens is 1. The van der Waals surface area contributed by atoms with Gasteiger partial charge in [0.1, 0.15) is 11.3 Å². The summed E-state index contributed by atoms with van der Waals surface area (Å²) < 4.78 is 5.53. The Balaban J connectivity index is 1.95. The molecule has 2 aromatic rings. The highest BCUT2D eigenvalue weighted by atomic mass is 35.5. The number of amides is 2. The van der Waals surface area contributed by atoms with Crippen molar-refractivity contribution in [1.82, 2.24) is 5.43 Å². The topological polar surface area (TPSA) is 58.6 Å². The molecular formula is C18H15ClN2O3. The number of nitrogens with zero attached hydrogens (tertiary/aromatic N) is 1. The summed E-state index contributed by atoms with van der Waals surface area (Å²) in [6.45, 7) is 2.37. The SMILES string of the molecule is CCOc1ccccc1C=C1C(=O)NN(c2cccc(Cl)c2)C1=O. The van der Waals surface area contributed by atoms with Crippen molar-refractivity contribution in [2.75, 3.05) is 11.6 Å². The normalized spacial score (nSPS) is 15.8. The van der Waals surface area contributed by atoms with Gasteiger partial charge >= 0.3 is 0 Å². The zero-order valence-corrected chi connectivity index (χ0v) is 13.7. The van der Waals surface area contributed by atoms with Crippen LogP contribution in [0.3, 0.4) is 0 Å². The first-order valence-electron chi connectivity index (χ1n) is 7.44. The number of hydrazine groups is 1. The summed E-state index contributed by atoms with van der Waals surface area (Å²) in [6.07, 6.45) is 1.53. The molecule has 1 heterocycles. The van der Waals surface area contributed by atoms with Gasteiger partial charge in [-0.25, -0.2) is 5.01 Å². The maximum atomic E-state index is 12.6. The Hall–Kier alpha value is -2.79. The monoisotopic (exact) mass is 342 g/mol. The summed E-state index contributed by atoms with van der Waals surface area (Å²) in [5.74, 6) is -0.283. The van der Waals surface area contributed by atoms with Crippen LogP contribution in [0.2, 0.25) is 5.02 Å². The first kappa shape index (κ1) is 16.1. The number of carbonyl (C=O) groups excluding carboxylic acids is 2. The second-order valence-corrected chi connectivity index (χ2v) is 5.53. The van der Waals surface area contributed by atoms with Crippen LogP contribution in [0.15, 0.2) is 54.1 Å². The molecule has 5 nitrogen and oxygen atoms in total. The molecule has 0 atom stereocenters. The van der Waals surface area contributed by atoms with Crippen molar-refractivity contribution in [1.29, 1.82) is 0 Å². The van der Waals surface area contributed by atoms with Crippen LogP contribution in [0.25, 0.3) is 6.08 Å². The van der Waals surface area contributed by atoms with Gasteiger partial charge in [0.2, 0.25) is 0 Å². The number of hydrogen-bond donors (Lipinski definition) is 1. The fourth-order valence-electron chi connectivity index (χ4n) is 2.40. The van der Waals surface area contributed by atoms with Gasteiger partial charge in [0.25, 0.3) is 11.8 Å². The Morgan fingerprint density at radius 3 is 2.71 bits per heavy atom. The Kier molecular flexibility index (Phi) is 4.53. The number of para-hydroxylation sites is 1. The van der Waals surface area contributed by atoms with Crippen molar-refractivity contribution < 1.29 is 14.3 Å². The van der Waals surface area contributed by atoms with Gasteiger partial charge in [0, 0.05) is 10.6 Å². The second-order valence-electron chi connectivity index (χ2n) is 5.09. The molecule has 1 N–H and O–H groups in total. The molecule has 2 amide bonds. The highest BCUT2D eigenvalue weighted by Gasteiger charge is 2.34. The van der Waals surface area contributed by atoms with Crippen molar-refractivity contribution in [3.63, 3.8) is 0 Å². The first-order valence-corrected chi connectivity index (χ1v) is 7.82. The van der Waals surface area contributed by atoms with E-state index in [4.69, 9.17) is 16.3 Å². The average molecular weight is 343 g/mol. The molecule has 0 spiro atoms. The smallest absolute Gasteiger partial charge is 0.282 e. The number of rotatable bonds is 4. The van der Waals surface area contributed by atoms with Crippen LogP contribution in [0.1, 0.15) is 12.5 Å². The molecule has 2 aromatic carbocycles. The van der Waals surface area contributed by atoms with E-state index < -0.39 is 11.8 Å². The lowest BCUT2D eigenvalue weighted by atomic mass is 10.1. The van der Waals surface area contributed by atoms with Gasteiger partial charge in [-0.3, -0.25) is 15.0 Å². The minimum Gasteiger partial charge on any atom is -0.493 e. The molecular weight excluding hydrogens is 328 g/mol. The number of benzene rings is 2. The molecule has 0 bridgehead atoms. The van der Waals surface area contributed by atoms with Gasteiger partial charge in [-0.1, -0.05) is 35.9 Å². The Morgan fingerprint density at radius 2 is 1.96 bits per heavy atom.